The van der Waals surface area contributed by atoms with Crippen LogP contribution in [-0.2, 0) is 10.0 Å². The van der Waals surface area contributed by atoms with Crippen LogP contribution in [-0.4, -0.2) is 32.4 Å². The minimum atomic E-state index is -3.49. The smallest absolute Gasteiger partial charge is 0.276 e. The molecule has 1 aromatic heterocycles. The summed E-state index contributed by atoms with van der Waals surface area (Å²) >= 11 is 0. The molecule has 1 aromatic rings. The fraction of sp³-hybridized carbons (Fsp3) is 0.636. The molecule has 1 aliphatic rings. The normalized spacial score (nSPS) is 25.1. The van der Waals surface area contributed by atoms with Crippen LogP contribution < -0.4 is 5.73 Å². The van der Waals surface area contributed by atoms with Crippen molar-refractivity contribution in [2.75, 3.05) is 19.6 Å². The molecular weight excluding hydrogens is 276 g/mol. The van der Waals surface area contributed by atoms with Crippen molar-refractivity contribution in [3.63, 3.8) is 0 Å². The molecule has 0 spiro atoms. The Morgan fingerprint density at radius 3 is 2.61 bits per heavy atom. The highest BCUT2D eigenvalue weighted by atomic mass is 35.5. The van der Waals surface area contributed by atoms with Crippen LogP contribution in [0.5, 0.6) is 0 Å². The van der Waals surface area contributed by atoms with Gasteiger partial charge in [0.25, 0.3) is 10.0 Å². The highest BCUT2D eigenvalue weighted by Gasteiger charge is 2.40. The maximum Gasteiger partial charge on any atom is 0.276 e. The van der Waals surface area contributed by atoms with Crippen molar-refractivity contribution < 1.29 is 12.8 Å². The molecule has 2 heterocycles. The van der Waals surface area contributed by atoms with Crippen LogP contribution in [0, 0.1) is 12.3 Å². The third kappa shape index (κ3) is 2.71. The number of hydrogen-bond acceptors (Lipinski definition) is 4. The lowest BCUT2D eigenvalue weighted by atomic mass is 9.90. The molecule has 0 aromatic carbocycles. The van der Waals surface area contributed by atoms with E-state index in [1.54, 1.807) is 13.0 Å². The molecule has 2 N–H and O–H groups in total. The van der Waals surface area contributed by atoms with Crippen molar-refractivity contribution in [1.29, 1.82) is 0 Å². The van der Waals surface area contributed by atoms with Crippen molar-refractivity contribution >= 4 is 22.4 Å². The second kappa shape index (κ2) is 5.21. The molecule has 1 atom stereocenters. The van der Waals surface area contributed by atoms with E-state index in [4.69, 9.17) is 10.2 Å². The standard InChI is InChI=1S/C11H18N2O3S.ClH/c1-9-3-4-10(16-9)17(14,15)13-6-5-11(2,7-12)8-13;/h3-4H,5-8,12H2,1-2H3;1H. The molecule has 0 aliphatic carbocycles. The van der Waals surface area contributed by atoms with Crippen LogP contribution in [0.15, 0.2) is 21.6 Å². The molecule has 5 nitrogen and oxygen atoms in total. The Morgan fingerprint density at radius 2 is 2.17 bits per heavy atom. The molecule has 104 valence electrons. The first kappa shape index (κ1) is 15.5. The number of hydrogen-bond donors (Lipinski definition) is 1. The lowest BCUT2D eigenvalue weighted by Crippen LogP contribution is -2.34. The van der Waals surface area contributed by atoms with E-state index in [1.165, 1.54) is 10.4 Å². The summed E-state index contributed by atoms with van der Waals surface area (Å²) in [5, 5.41) is 0.0243. The Hall–Kier alpha value is -0.560. The Bertz CT molecular complexity index is 514. The SMILES string of the molecule is Cc1ccc(S(=O)(=O)N2CCC(C)(CN)C2)o1.Cl. The zero-order chi connectivity index (χ0) is 12.7. The highest BCUT2D eigenvalue weighted by molar-refractivity contribution is 7.89. The van der Waals surface area contributed by atoms with Gasteiger partial charge < -0.3 is 10.2 Å². The van der Waals surface area contributed by atoms with Crippen LogP contribution in [0.2, 0.25) is 0 Å². The van der Waals surface area contributed by atoms with E-state index in [2.05, 4.69) is 0 Å². The van der Waals surface area contributed by atoms with Gasteiger partial charge in [0.1, 0.15) is 5.76 Å². The van der Waals surface area contributed by atoms with Crippen molar-refractivity contribution in [2.24, 2.45) is 11.1 Å². The van der Waals surface area contributed by atoms with Gasteiger partial charge in [0.05, 0.1) is 0 Å². The van der Waals surface area contributed by atoms with Gasteiger partial charge in [0.15, 0.2) is 0 Å². The topological polar surface area (TPSA) is 76.5 Å². The van der Waals surface area contributed by atoms with E-state index in [0.29, 0.717) is 25.4 Å². The third-order valence-corrected chi connectivity index (χ3v) is 5.04. The second-order valence-corrected chi connectivity index (χ2v) is 6.84. The van der Waals surface area contributed by atoms with Crippen LogP contribution in [0.25, 0.3) is 0 Å². The summed E-state index contributed by atoms with van der Waals surface area (Å²) < 4.78 is 31.1. The van der Waals surface area contributed by atoms with Gasteiger partial charge >= 0.3 is 0 Å². The Balaban J connectivity index is 0.00000162. The van der Waals surface area contributed by atoms with Gasteiger partial charge in [-0.15, -0.1) is 12.4 Å². The molecule has 0 amide bonds. The van der Waals surface area contributed by atoms with E-state index >= 15 is 0 Å². The average molecular weight is 295 g/mol. The van der Waals surface area contributed by atoms with Crippen LogP contribution in [0.4, 0.5) is 0 Å². The molecule has 7 heteroatoms. The molecule has 2 rings (SSSR count). The number of furan rings is 1. The molecule has 1 saturated heterocycles. The summed E-state index contributed by atoms with van der Waals surface area (Å²) in [6, 6.07) is 3.16. The van der Waals surface area contributed by atoms with Gasteiger partial charge in [-0.2, -0.15) is 4.31 Å². The Kier molecular flexibility index (Phi) is 4.48. The number of halogens is 1. The van der Waals surface area contributed by atoms with E-state index in [1.807, 2.05) is 6.92 Å². The summed E-state index contributed by atoms with van der Waals surface area (Å²) in [6.45, 7) is 5.21. The summed E-state index contributed by atoms with van der Waals surface area (Å²) in [5.41, 5.74) is 5.56. The molecule has 0 saturated carbocycles. The number of nitrogens with zero attached hydrogens (tertiary/aromatic N) is 1. The van der Waals surface area contributed by atoms with Gasteiger partial charge in [-0.25, -0.2) is 8.42 Å². The molecule has 0 radical (unpaired) electrons. The van der Waals surface area contributed by atoms with Crippen molar-refractivity contribution in [2.45, 2.75) is 25.4 Å². The van der Waals surface area contributed by atoms with E-state index in [0.717, 1.165) is 6.42 Å². The molecule has 1 unspecified atom stereocenters. The Labute approximate surface area is 114 Å². The van der Waals surface area contributed by atoms with Gasteiger partial charge in [0.2, 0.25) is 5.09 Å². The van der Waals surface area contributed by atoms with Gasteiger partial charge in [0, 0.05) is 13.1 Å². The fourth-order valence-electron chi connectivity index (χ4n) is 2.03. The van der Waals surface area contributed by atoms with E-state index in [-0.39, 0.29) is 22.9 Å². The molecule has 18 heavy (non-hydrogen) atoms. The predicted molar refractivity (Wildman–Crippen MR) is 71.2 cm³/mol. The summed E-state index contributed by atoms with van der Waals surface area (Å²) in [7, 11) is -3.49. The average Bonchev–Trinajstić information content (AvgIpc) is 2.86. The lowest BCUT2D eigenvalue weighted by molar-refractivity contribution is 0.342. The molecule has 1 fully saturated rings. The first-order valence-corrected chi connectivity index (χ1v) is 7.08. The number of rotatable bonds is 3. The fourth-order valence-corrected chi connectivity index (χ4v) is 3.57. The largest absolute Gasteiger partial charge is 0.449 e. The predicted octanol–water partition coefficient (Wildman–Crippen LogP) is 1.37. The first-order chi connectivity index (χ1) is 7.87. The van der Waals surface area contributed by atoms with Gasteiger partial charge in [-0.3, -0.25) is 0 Å². The van der Waals surface area contributed by atoms with Crippen LogP contribution in [0.3, 0.4) is 0 Å². The van der Waals surface area contributed by atoms with E-state index in [9.17, 15) is 8.42 Å². The van der Waals surface area contributed by atoms with Crippen LogP contribution >= 0.6 is 12.4 Å². The van der Waals surface area contributed by atoms with Crippen molar-refractivity contribution in [1.82, 2.24) is 4.31 Å². The summed E-state index contributed by atoms with van der Waals surface area (Å²) in [6.07, 6.45) is 0.794. The Morgan fingerprint density at radius 1 is 1.50 bits per heavy atom. The molecule has 0 bridgehead atoms. The molecule has 1 aliphatic heterocycles. The van der Waals surface area contributed by atoms with E-state index < -0.39 is 10.0 Å². The monoisotopic (exact) mass is 294 g/mol. The number of sulfonamides is 1. The van der Waals surface area contributed by atoms with Gasteiger partial charge in [-0.1, -0.05) is 6.92 Å². The zero-order valence-electron chi connectivity index (χ0n) is 10.5. The zero-order valence-corrected chi connectivity index (χ0v) is 12.2. The summed E-state index contributed by atoms with van der Waals surface area (Å²) in [4.78, 5) is 0. The quantitative estimate of drug-likeness (QED) is 0.913. The minimum Gasteiger partial charge on any atom is -0.449 e. The summed E-state index contributed by atoms with van der Waals surface area (Å²) in [5.74, 6) is 0.601. The van der Waals surface area contributed by atoms with Crippen molar-refractivity contribution in [3.8, 4) is 0 Å². The lowest BCUT2D eigenvalue weighted by Gasteiger charge is -2.21. The van der Waals surface area contributed by atoms with Gasteiger partial charge in [-0.05, 0) is 37.4 Å². The number of aryl methyl sites for hydroxylation is 1. The highest BCUT2D eigenvalue weighted by Crippen LogP contribution is 2.32. The maximum absolute atomic E-state index is 12.2. The van der Waals surface area contributed by atoms with Crippen LogP contribution in [0.1, 0.15) is 19.1 Å². The first-order valence-electron chi connectivity index (χ1n) is 5.64. The third-order valence-electron chi connectivity index (χ3n) is 3.33. The minimum absolute atomic E-state index is 0. The number of nitrogens with two attached hydrogens (primary N) is 1. The second-order valence-electron chi connectivity index (χ2n) is 4.97. The van der Waals surface area contributed by atoms with Crippen molar-refractivity contribution in [3.05, 3.63) is 17.9 Å². The molecular formula is C11H19ClN2O3S. The maximum atomic E-state index is 12.2.